The Morgan fingerprint density at radius 1 is 1.50 bits per heavy atom. The van der Waals surface area contributed by atoms with Gasteiger partial charge < -0.3 is 4.90 Å². The highest BCUT2D eigenvalue weighted by Crippen LogP contribution is 2.31. The van der Waals surface area contributed by atoms with E-state index in [1.54, 1.807) is 12.3 Å². The van der Waals surface area contributed by atoms with Gasteiger partial charge in [-0.25, -0.2) is 4.98 Å². The van der Waals surface area contributed by atoms with E-state index in [9.17, 15) is 0 Å². The zero-order chi connectivity index (χ0) is 13.9. The van der Waals surface area contributed by atoms with Crippen LogP contribution in [0.2, 0.25) is 5.02 Å². The van der Waals surface area contributed by atoms with Crippen molar-refractivity contribution in [1.29, 1.82) is 5.26 Å². The summed E-state index contributed by atoms with van der Waals surface area (Å²) in [7, 11) is 0. The van der Waals surface area contributed by atoms with E-state index in [1.165, 1.54) is 0 Å². The van der Waals surface area contributed by atoms with Crippen molar-refractivity contribution in [3.63, 3.8) is 0 Å². The number of halogens is 1. The summed E-state index contributed by atoms with van der Waals surface area (Å²) in [5.41, 5.74) is 0.463. The molecule has 1 unspecified atom stereocenters. The molecule has 0 spiro atoms. The molecule has 1 atom stereocenters. The first-order chi connectivity index (χ1) is 9.78. The highest BCUT2D eigenvalue weighted by molar-refractivity contribution is 6.33. The molecule has 3 heterocycles. The maximum Gasteiger partial charge on any atom is 0.179 e. The summed E-state index contributed by atoms with van der Waals surface area (Å²) in [5.74, 6) is 1.65. The van der Waals surface area contributed by atoms with Gasteiger partial charge in [0, 0.05) is 25.2 Å². The first kappa shape index (κ1) is 12.8. The Bertz CT molecular complexity index is 634. The number of aromatic nitrogens is 5. The molecule has 1 fully saturated rings. The van der Waals surface area contributed by atoms with Gasteiger partial charge in [0.25, 0.3) is 0 Å². The zero-order valence-electron chi connectivity index (χ0n) is 10.6. The van der Waals surface area contributed by atoms with Gasteiger partial charge in [-0.3, -0.25) is 0 Å². The smallest absolute Gasteiger partial charge is 0.179 e. The van der Waals surface area contributed by atoms with Crippen molar-refractivity contribution < 1.29 is 0 Å². The Labute approximate surface area is 120 Å². The van der Waals surface area contributed by atoms with Gasteiger partial charge in [-0.1, -0.05) is 16.8 Å². The van der Waals surface area contributed by atoms with Crippen LogP contribution in [0.25, 0.3) is 0 Å². The quantitative estimate of drug-likeness (QED) is 0.900. The topological polar surface area (TPSA) is 94.4 Å². The Balaban J connectivity index is 1.82. The number of pyridine rings is 1. The van der Waals surface area contributed by atoms with Crippen molar-refractivity contribution in [3.8, 4) is 6.07 Å². The second-order valence-electron chi connectivity index (χ2n) is 4.70. The molecular formula is C12H12ClN7. The maximum absolute atomic E-state index is 8.84. The van der Waals surface area contributed by atoms with Gasteiger partial charge in [-0.05, 0) is 18.9 Å². The van der Waals surface area contributed by atoms with Crippen LogP contribution in [0.5, 0.6) is 0 Å². The molecule has 1 N–H and O–H groups in total. The number of tetrazole rings is 1. The third kappa shape index (κ3) is 2.42. The molecule has 8 heteroatoms. The number of H-pyrrole nitrogens is 1. The third-order valence-electron chi connectivity index (χ3n) is 3.40. The summed E-state index contributed by atoms with van der Waals surface area (Å²) in [5, 5.41) is 23.5. The molecule has 1 aliphatic rings. The molecule has 1 aliphatic heterocycles. The largest absolute Gasteiger partial charge is 0.355 e. The van der Waals surface area contributed by atoms with E-state index in [4.69, 9.17) is 16.9 Å². The molecule has 2 aromatic heterocycles. The highest BCUT2D eigenvalue weighted by atomic mass is 35.5. The minimum Gasteiger partial charge on any atom is -0.355 e. The van der Waals surface area contributed by atoms with E-state index in [-0.39, 0.29) is 5.92 Å². The lowest BCUT2D eigenvalue weighted by Crippen LogP contribution is -2.35. The highest BCUT2D eigenvalue weighted by Gasteiger charge is 2.26. The summed E-state index contributed by atoms with van der Waals surface area (Å²) >= 11 is 6.21. The summed E-state index contributed by atoms with van der Waals surface area (Å²) in [4.78, 5) is 6.40. The lowest BCUT2D eigenvalue weighted by molar-refractivity contribution is 0.489. The molecule has 7 nitrogen and oxygen atoms in total. The van der Waals surface area contributed by atoms with Crippen molar-refractivity contribution in [2.24, 2.45) is 0 Å². The molecule has 0 saturated carbocycles. The number of rotatable bonds is 2. The van der Waals surface area contributed by atoms with Crippen LogP contribution in [0.1, 0.15) is 30.1 Å². The van der Waals surface area contributed by atoms with E-state index in [0.29, 0.717) is 16.4 Å². The van der Waals surface area contributed by atoms with E-state index in [0.717, 1.165) is 31.8 Å². The second kappa shape index (κ2) is 5.43. The van der Waals surface area contributed by atoms with E-state index >= 15 is 0 Å². The van der Waals surface area contributed by atoms with Crippen molar-refractivity contribution in [1.82, 2.24) is 25.6 Å². The Morgan fingerprint density at radius 3 is 3.10 bits per heavy atom. The van der Waals surface area contributed by atoms with Crippen LogP contribution in [0, 0.1) is 11.3 Å². The summed E-state index contributed by atoms with van der Waals surface area (Å²) in [6, 6.07) is 3.67. The Hall–Kier alpha value is -2.20. The number of anilines is 1. The SMILES string of the molecule is N#Cc1cnc(N2CCCC(c3nn[nH]n3)C2)c(Cl)c1. The van der Waals surface area contributed by atoms with Gasteiger partial charge in [0.2, 0.25) is 0 Å². The number of nitrogens with one attached hydrogen (secondary N) is 1. The van der Waals surface area contributed by atoms with Crippen LogP contribution >= 0.6 is 11.6 Å². The van der Waals surface area contributed by atoms with Gasteiger partial charge in [0.15, 0.2) is 5.82 Å². The van der Waals surface area contributed by atoms with Crippen molar-refractivity contribution >= 4 is 17.4 Å². The average Bonchev–Trinajstić information content (AvgIpc) is 3.01. The molecule has 0 radical (unpaired) electrons. The lowest BCUT2D eigenvalue weighted by Gasteiger charge is -2.32. The Morgan fingerprint density at radius 2 is 2.40 bits per heavy atom. The molecule has 1 saturated heterocycles. The minimum atomic E-state index is 0.219. The van der Waals surface area contributed by atoms with Crippen molar-refractivity contribution in [3.05, 3.63) is 28.7 Å². The molecule has 2 aromatic rings. The van der Waals surface area contributed by atoms with Gasteiger partial charge in [0.1, 0.15) is 11.9 Å². The second-order valence-corrected chi connectivity index (χ2v) is 5.10. The molecule has 20 heavy (non-hydrogen) atoms. The summed E-state index contributed by atoms with van der Waals surface area (Å²) in [6.07, 6.45) is 3.57. The van der Waals surface area contributed by atoms with Crippen LogP contribution in [0.15, 0.2) is 12.3 Å². The van der Waals surface area contributed by atoms with Crippen LogP contribution in [-0.2, 0) is 0 Å². The lowest BCUT2D eigenvalue weighted by atomic mass is 9.97. The number of piperidine rings is 1. The standard InChI is InChI=1S/C12H12ClN7/c13-10-4-8(5-14)6-15-12(10)20-3-1-2-9(7-20)11-16-18-19-17-11/h4,6,9H,1-3,7H2,(H,16,17,18,19). The summed E-state index contributed by atoms with van der Waals surface area (Å²) < 4.78 is 0. The number of nitriles is 1. The van der Waals surface area contributed by atoms with Crippen LogP contribution < -0.4 is 4.90 Å². The first-order valence-electron chi connectivity index (χ1n) is 6.32. The fraction of sp³-hybridized carbons (Fsp3) is 0.417. The molecule has 102 valence electrons. The van der Waals surface area contributed by atoms with E-state index in [1.807, 2.05) is 6.07 Å². The number of hydrogen-bond donors (Lipinski definition) is 1. The zero-order valence-corrected chi connectivity index (χ0v) is 11.4. The van der Waals surface area contributed by atoms with Crippen LogP contribution in [0.4, 0.5) is 5.82 Å². The molecule has 3 rings (SSSR count). The van der Waals surface area contributed by atoms with Gasteiger partial charge >= 0.3 is 0 Å². The van der Waals surface area contributed by atoms with Crippen molar-refractivity contribution in [2.45, 2.75) is 18.8 Å². The fourth-order valence-electron chi connectivity index (χ4n) is 2.45. The first-order valence-corrected chi connectivity index (χ1v) is 6.69. The average molecular weight is 290 g/mol. The van der Waals surface area contributed by atoms with Crippen LogP contribution in [-0.4, -0.2) is 38.7 Å². The molecule has 0 amide bonds. The number of hydrogen-bond acceptors (Lipinski definition) is 6. The monoisotopic (exact) mass is 289 g/mol. The molecule has 0 bridgehead atoms. The molecular weight excluding hydrogens is 278 g/mol. The van der Waals surface area contributed by atoms with Gasteiger partial charge in [0.05, 0.1) is 10.6 Å². The normalized spacial score (nSPS) is 18.8. The number of nitrogens with zero attached hydrogens (tertiary/aromatic N) is 6. The fourth-order valence-corrected chi connectivity index (χ4v) is 2.73. The number of aromatic amines is 1. The van der Waals surface area contributed by atoms with Gasteiger partial charge in [-0.15, -0.1) is 10.2 Å². The molecule has 0 aromatic carbocycles. The van der Waals surface area contributed by atoms with E-state index < -0.39 is 0 Å². The predicted molar refractivity (Wildman–Crippen MR) is 72.3 cm³/mol. The minimum absolute atomic E-state index is 0.219. The van der Waals surface area contributed by atoms with Gasteiger partial charge in [-0.2, -0.15) is 10.5 Å². The maximum atomic E-state index is 8.84. The Kier molecular flexibility index (Phi) is 3.48. The van der Waals surface area contributed by atoms with Crippen LogP contribution in [0.3, 0.4) is 0 Å². The summed E-state index contributed by atoms with van der Waals surface area (Å²) in [6.45, 7) is 1.63. The predicted octanol–water partition coefficient (Wildman–Crippen LogP) is 1.50. The molecule has 0 aliphatic carbocycles. The van der Waals surface area contributed by atoms with E-state index in [2.05, 4.69) is 30.5 Å². The third-order valence-corrected chi connectivity index (χ3v) is 3.68. The van der Waals surface area contributed by atoms with Crippen molar-refractivity contribution in [2.75, 3.05) is 18.0 Å².